The molecule has 2 aromatic rings. The lowest BCUT2D eigenvalue weighted by Gasteiger charge is -2.22. The maximum Gasteiger partial charge on any atom is 0.303 e. The van der Waals surface area contributed by atoms with Gasteiger partial charge in [-0.05, 0) is 50.3 Å². The van der Waals surface area contributed by atoms with E-state index < -0.39 is 5.97 Å². The van der Waals surface area contributed by atoms with Crippen LogP contribution in [0.2, 0.25) is 0 Å². The van der Waals surface area contributed by atoms with E-state index in [0.717, 1.165) is 36.2 Å². The lowest BCUT2D eigenvalue weighted by Crippen LogP contribution is -2.15. The van der Waals surface area contributed by atoms with Crippen molar-refractivity contribution in [2.24, 2.45) is 0 Å². The SMILES string of the molecule is Cc1nn(-c2cccc(F)c2)c2c1C(CC(=O)O)CCC2. The molecule has 0 saturated carbocycles. The molecule has 110 valence electrons. The molecular formula is C16H17FN2O2. The van der Waals surface area contributed by atoms with Gasteiger partial charge in [-0.1, -0.05) is 6.07 Å². The van der Waals surface area contributed by atoms with Crippen molar-refractivity contribution in [3.63, 3.8) is 0 Å². The van der Waals surface area contributed by atoms with Crippen LogP contribution >= 0.6 is 0 Å². The summed E-state index contributed by atoms with van der Waals surface area (Å²) in [5, 5.41) is 13.6. The maximum atomic E-state index is 13.4. The standard InChI is InChI=1S/C16H17FN2O2/c1-10-16-11(8-15(20)21)4-2-7-14(16)19(18-10)13-6-3-5-12(17)9-13/h3,5-6,9,11H,2,4,7-8H2,1H3,(H,20,21). The Kier molecular flexibility index (Phi) is 3.49. The molecule has 1 atom stereocenters. The Morgan fingerprint density at radius 3 is 3.05 bits per heavy atom. The van der Waals surface area contributed by atoms with E-state index in [1.807, 2.05) is 13.0 Å². The number of aryl methyl sites for hydroxylation is 1. The zero-order valence-corrected chi connectivity index (χ0v) is 11.8. The van der Waals surface area contributed by atoms with Crippen LogP contribution in [-0.2, 0) is 11.2 Å². The van der Waals surface area contributed by atoms with Gasteiger partial charge in [-0.2, -0.15) is 5.10 Å². The summed E-state index contributed by atoms with van der Waals surface area (Å²) in [6, 6.07) is 6.33. The van der Waals surface area contributed by atoms with Crippen molar-refractivity contribution in [2.45, 2.75) is 38.5 Å². The first-order chi connectivity index (χ1) is 10.1. The monoisotopic (exact) mass is 288 g/mol. The van der Waals surface area contributed by atoms with Crippen molar-refractivity contribution in [1.29, 1.82) is 0 Å². The highest BCUT2D eigenvalue weighted by Gasteiger charge is 2.28. The van der Waals surface area contributed by atoms with Gasteiger partial charge in [-0.3, -0.25) is 4.79 Å². The molecule has 3 rings (SSSR count). The van der Waals surface area contributed by atoms with E-state index in [9.17, 15) is 9.18 Å². The zero-order valence-electron chi connectivity index (χ0n) is 11.8. The van der Waals surface area contributed by atoms with Crippen LogP contribution in [0.15, 0.2) is 24.3 Å². The summed E-state index contributed by atoms with van der Waals surface area (Å²) in [4.78, 5) is 11.0. The van der Waals surface area contributed by atoms with Crippen LogP contribution in [0.1, 0.15) is 42.1 Å². The Labute approximate surface area is 122 Å². The van der Waals surface area contributed by atoms with E-state index in [0.29, 0.717) is 5.69 Å². The summed E-state index contributed by atoms with van der Waals surface area (Å²) >= 11 is 0. The topological polar surface area (TPSA) is 55.1 Å². The van der Waals surface area contributed by atoms with E-state index >= 15 is 0 Å². The van der Waals surface area contributed by atoms with E-state index in [4.69, 9.17) is 5.11 Å². The average molecular weight is 288 g/mol. The van der Waals surface area contributed by atoms with Gasteiger partial charge in [0, 0.05) is 11.3 Å². The molecule has 4 nitrogen and oxygen atoms in total. The van der Waals surface area contributed by atoms with Crippen LogP contribution in [0.5, 0.6) is 0 Å². The number of aromatic nitrogens is 2. The number of halogens is 1. The summed E-state index contributed by atoms with van der Waals surface area (Å²) in [6.07, 6.45) is 2.78. The fourth-order valence-electron chi connectivity index (χ4n) is 3.26. The second-order valence-electron chi connectivity index (χ2n) is 5.52. The average Bonchev–Trinajstić information content (AvgIpc) is 2.77. The van der Waals surface area contributed by atoms with Gasteiger partial charge in [0.1, 0.15) is 5.82 Å². The highest BCUT2D eigenvalue weighted by Crippen LogP contribution is 2.37. The van der Waals surface area contributed by atoms with E-state index in [1.165, 1.54) is 12.1 Å². The summed E-state index contributed by atoms with van der Waals surface area (Å²) in [5.74, 6) is -1.08. The van der Waals surface area contributed by atoms with Crippen LogP contribution in [0.4, 0.5) is 4.39 Å². The first-order valence-corrected chi connectivity index (χ1v) is 7.12. The first kappa shape index (κ1) is 13.8. The van der Waals surface area contributed by atoms with Crippen LogP contribution in [-0.4, -0.2) is 20.9 Å². The van der Waals surface area contributed by atoms with Crippen LogP contribution in [0, 0.1) is 12.7 Å². The van der Waals surface area contributed by atoms with Crippen LogP contribution in [0.25, 0.3) is 5.69 Å². The number of carboxylic acids is 1. The lowest BCUT2D eigenvalue weighted by molar-refractivity contribution is -0.137. The fourth-order valence-corrected chi connectivity index (χ4v) is 3.26. The molecule has 5 heteroatoms. The van der Waals surface area contributed by atoms with Gasteiger partial charge in [0.15, 0.2) is 0 Å². The molecule has 0 radical (unpaired) electrons. The number of hydrogen-bond donors (Lipinski definition) is 1. The Hall–Kier alpha value is -2.17. The molecule has 0 amide bonds. The molecule has 21 heavy (non-hydrogen) atoms. The predicted molar refractivity (Wildman–Crippen MR) is 76.2 cm³/mol. The first-order valence-electron chi connectivity index (χ1n) is 7.12. The minimum Gasteiger partial charge on any atom is -0.481 e. The Morgan fingerprint density at radius 2 is 2.33 bits per heavy atom. The fraction of sp³-hybridized carbons (Fsp3) is 0.375. The summed E-state index contributed by atoms with van der Waals surface area (Å²) < 4.78 is 15.2. The van der Waals surface area contributed by atoms with Crippen molar-refractivity contribution in [3.05, 3.63) is 47.0 Å². The molecule has 0 spiro atoms. The minimum atomic E-state index is -0.786. The number of carboxylic acid groups (broad SMARTS) is 1. The molecule has 0 fully saturated rings. The molecular weight excluding hydrogens is 271 g/mol. The van der Waals surface area contributed by atoms with Gasteiger partial charge in [0.2, 0.25) is 0 Å². The smallest absolute Gasteiger partial charge is 0.303 e. The maximum absolute atomic E-state index is 13.4. The number of benzene rings is 1. The predicted octanol–water partition coefficient (Wildman–Crippen LogP) is 3.21. The van der Waals surface area contributed by atoms with Crippen molar-refractivity contribution in [2.75, 3.05) is 0 Å². The molecule has 0 bridgehead atoms. The van der Waals surface area contributed by atoms with Crippen molar-refractivity contribution >= 4 is 5.97 Å². The Balaban J connectivity index is 2.08. The van der Waals surface area contributed by atoms with Crippen molar-refractivity contribution in [1.82, 2.24) is 9.78 Å². The summed E-state index contributed by atoms with van der Waals surface area (Å²) in [6.45, 7) is 1.90. The van der Waals surface area contributed by atoms with E-state index in [1.54, 1.807) is 10.7 Å². The summed E-state index contributed by atoms with van der Waals surface area (Å²) in [5.41, 5.74) is 3.60. The third-order valence-corrected chi connectivity index (χ3v) is 4.05. The molecule has 1 heterocycles. The number of rotatable bonds is 3. The van der Waals surface area contributed by atoms with E-state index in [-0.39, 0.29) is 18.2 Å². The summed E-state index contributed by atoms with van der Waals surface area (Å²) in [7, 11) is 0. The number of carbonyl (C=O) groups is 1. The quantitative estimate of drug-likeness (QED) is 0.943. The molecule has 1 N–H and O–H groups in total. The van der Waals surface area contributed by atoms with Crippen LogP contribution in [0.3, 0.4) is 0 Å². The number of fused-ring (bicyclic) bond motifs is 1. The zero-order chi connectivity index (χ0) is 15.0. The Morgan fingerprint density at radius 1 is 1.52 bits per heavy atom. The molecule has 1 aromatic heterocycles. The van der Waals surface area contributed by atoms with Gasteiger partial charge in [-0.15, -0.1) is 0 Å². The third-order valence-electron chi connectivity index (χ3n) is 4.05. The largest absolute Gasteiger partial charge is 0.481 e. The molecule has 1 aliphatic carbocycles. The highest BCUT2D eigenvalue weighted by atomic mass is 19.1. The van der Waals surface area contributed by atoms with Gasteiger partial charge in [0.25, 0.3) is 0 Å². The minimum absolute atomic E-state index is 0.00793. The molecule has 1 aromatic carbocycles. The second kappa shape index (κ2) is 5.31. The Bertz CT molecular complexity index is 694. The van der Waals surface area contributed by atoms with Gasteiger partial charge in [-0.25, -0.2) is 9.07 Å². The van der Waals surface area contributed by atoms with Crippen molar-refractivity contribution in [3.8, 4) is 5.69 Å². The lowest BCUT2D eigenvalue weighted by atomic mass is 9.83. The molecule has 1 unspecified atom stereocenters. The molecule has 1 aliphatic rings. The number of aliphatic carboxylic acids is 1. The number of nitrogens with zero attached hydrogens (tertiary/aromatic N) is 2. The third kappa shape index (κ3) is 2.55. The van der Waals surface area contributed by atoms with Gasteiger partial charge < -0.3 is 5.11 Å². The molecule has 0 saturated heterocycles. The van der Waals surface area contributed by atoms with Gasteiger partial charge in [0.05, 0.1) is 17.8 Å². The highest BCUT2D eigenvalue weighted by molar-refractivity contribution is 5.68. The normalized spacial score (nSPS) is 17.5. The van der Waals surface area contributed by atoms with Crippen molar-refractivity contribution < 1.29 is 14.3 Å². The second-order valence-corrected chi connectivity index (χ2v) is 5.52. The van der Waals surface area contributed by atoms with Crippen LogP contribution < -0.4 is 0 Å². The van der Waals surface area contributed by atoms with Gasteiger partial charge >= 0.3 is 5.97 Å². The number of hydrogen-bond acceptors (Lipinski definition) is 2. The van der Waals surface area contributed by atoms with E-state index in [2.05, 4.69) is 5.10 Å². The molecule has 0 aliphatic heterocycles.